The Morgan fingerprint density at radius 3 is 2.63 bits per heavy atom. The van der Waals surface area contributed by atoms with Gasteiger partial charge in [0.2, 0.25) is 0 Å². The van der Waals surface area contributed by atoms with Gasteiger partial charge in [0.05, 0.1) is 13.2 Å². The van der Waals surface area contributed by atoms with Crippen LogP contribution < -0.4 is 10.6 Å². The van der Waals surface area contributed by atoms with Crippen LogP contribution in [0.3, 0.4) is 0 Å². The van der Waals surface area contributed by atoms with Crippen LogP contribution in [-0.4, -0.2) is 50.3 Å². The molecule has 0 radical (unpaired) electrons. The van der Waals surface area contributed by atoms with Gasteiger partial charge in [-0.15, -0.1) is 0 Å². The second kappa shape index (κ2) is 8.17. The van der Waals surface area contributed by atoms with Crippen molar-refractivity contribution in [3.8, 4) is 0 Å². The van der Waals surface area contributed by atoms with Gasteiger partial charge in [0, 0.05) is 25.8 Å². The van der Waals surface area contributed by atoms with Gasteiger partial charge in [-0.05, 0) is 18.4 Å². The van der Waals surface area contributed by atoms with Crippen LogP contribution in [0.2, 0.25) is 0 Å². The Hall–Kier alpha value is -1.07. The van der Waals surface area contributed by atoms with Gasteiger partial charge in [-0.2, -0.15) is 0 Å². The van der Waals surface area contributed by atoms with Crippen molar-refractivity contribution in [3.63, 3.8) is 0 Å². The molecule has 1 saturated heterocycles. The quantitative estimate of drug-likeness (QED) is 0.745. The molecule has 0 aromatic carbocycles. The molecule has 1 heterocycles. The van der Waals surface area contributed by atoms with Gasteiger partial charge in [-0.25, -0.2) is 4.79 Å². The van der Waals surface area contributed by atoms with Crippen LogP contribution in [0.4, 0.5) is 4.79 Å². The normalized spacial score (nSPS) is 17.6. The van der Waals surface area contributed by atoms with Crippen LogP contribution in [0.5, 0.6) is 0 Å². The molecular weight excluding hydrogens is 242 g/mol. The molecule has 110 valence electrons. The Kier molecular flexibility index (Phi) is 6.87. The van der Waals surface area contributed by atoms with Gasteiger partial charge < -0.3 is 15.4 Å². The maximum Gasteiger partial charge on any atom is 0.318 e. The first-order valence-electron chi connectivity index (χ1n) is 6.99. The van der Waals surface area contributed by atoms with E-state index < -0.39 is 0 Å². The minimum atomic E-state index is -0.137. The van der Waals surface area contributed by atoms with Crippen molar-refractivity contribution in [3.05, 3.63) is 12.3 Å². The van der Waals surface area contributed by atoms with Crippen LogP contribution in [0.1, 0.15) is 27.2 Å². The van der Waals surface area contributed by atoms with E-state index in [2.05, 4.69) is 36.3 Å². The highest BCUT2D eigenvalue weighted by Gasteiger charge is 2.09. The van der Waals surface area contributed by atoms with Gasteiger partial charge >= 0.3 is 6.03 Å². The van der Waals surface area contributed by atoms with Gasteiger partial charge in [0.1, 0.15) is 0 Å². The van der Waals surface area contributed by atoms with E-state index in [1.165, 1.54) is 0 Å². The van der Waals surface area contributed by atoms with E-state index in [1.807, 2.05) is 6.08 Å². The third kappa shape index (κ3) is 8.61. The number of nitrogens with zero attached hydrogens (tertiary/aromatic N) is 1. The van der Waals surface area contributed by atoms with E-state index in [4.69, 9.17) is 4.74 Å². The molecule has 1 aliphatic heterocycles. The van der Waals surface area contributed by atoms with E-state index in [0.29, 0.717) is 6.54 Å². The molecule has 0 spiro atoms. The van der Waals surface area contributed by atoms with E-state index in [1.54, 1.807) is 6.20 Å². The maximum absolute atomic E-state index is 11.5. The van der Waals surface area contributed by atoms with Crippen LogP contribution in [0, 0.1) is 5.41 Å². The van der Waals surface area contributed by atoms with E-state index in [-0.39, 0.29) is 11.4 Å². The van der Waals surface area contributed by atoms with Crippen LogP contribution in [0.25, 0.3) is 0 Å². The predicted molar refractivity (Wildman–Crippen MR) is 77.0 cm³/mol. The second-order valence-electron chi connectivity index (χ2n) is 5.91. The van der Waals surface area contributed by atoms with E-state index in [0.717, 1.165) is 39.3 Å². The monoisotopic (exact) mass is 269 g/mol. The van der Waals surface area contributed by atoms with Crippen molar-refractivity contribution in [1.82, 2.24) is 15.5 Å². The molecule has 2 N–H and O–H groups in total. The van der Waals surface area contributed by atoms with E-state index >= 15 is 0 Å². The van der Waals surface area contributed by atoms with Crippen LogP contribution >= 0.6 is 0 Å². The summed E-state index contributed by atoms with van der Waals surface area (Å²) in [6.45, 7) is 11.6. The van der Waals surface area contributed by atoms with Gasteiger partial charge in [-0.3, -0.25) is 4.90 Å². The summed E-state index contributed by atoms with van der Waals surface area (Å²) < 4.78 is 5.29. The number of ether oxygens (including phenoxy) is 1. The first-order chi connectivity index (χ1) is 8.97. The predicted octanol–water partition coefficient (Wildman–Crippen LogP) is 1.57. The standard InChI is InChI=1S/C14H27N3O2/c1-14(2,3)5-7-16-13(18)15-6-4-8-17-9-11-19-12-10-17/h5,7H,4,6,8-12H2,1-3H3,(H2,15,16,18)/b7-5+. The summed E-state index contributed by atoms with van der Waals surface area (Å²) in [5, 5.41) is 5.56. The molecule has 5 nitrogen and oxygen atoms in total. The van der Waals surface area contributed by atoms with E-state index in [9.17, 15) is 4.79 Å². The lowest BCUT2D eigenvalue weighted by atomic mass is 9.97. The van der Waals surface area contributed by atoms with Crippen LogP contribution in [-0.2, 0) is 4.74 Å². The average Bonchev–Trinajstić information content (AvgIpc) is 2.34. The summed E-state index contributed by atoms with van der Waals surface area (Å²) >= 11 is 0. The molecule has 0 aromatic heterocycles. The molecule has 5 heteroatoms. The number of rotatable bonds is 5. The first-order valence-corrected chi connectivity index (χ1v) is 6.99. The number of carbonyl (C=O) groups excluding carboxylic acids is 1. The topological polar surface area (TPSA) is 53.6 Å². The third-order valence-corrected chi connectivity index (χ3v) is 2.84. The summed E-state index contributed by atoms with van der Waals surface area (Å²) in [6, 6.07) is -0.137. The van der Waals surface area contributed by atoms with Gasteiger partial charge in [0.15, 0.2) is 0 Å². The Morgan fingerprint density at radius 1 is 1.32 bits per heavy atom. The van der Waals surface area contributed by atoms with Crippen molar-refractivity contribution < 1.29 is 9.53 Å². The molecule has 0 saturated carbocycles. The lowest BCUT2D eigenvalue weighted by Gasteiger charge is -2.26. The number of amides is 2. The number of morpholine rings is 1. The number of nitrogens with one attached hydrogen (secondary N) is 2. The fourth-order valence-electron chi connectivity index (χ4n) is 1.75. The molecule has 1 fully saturated rings. The second-order valence-corrected chi connectivity index (χ2v) is 5.91. The SMILES string of the molecule is CC(C)(C)/C=C/NC(=O)NCCCN1CCOCC1. The minimum absolute atomic E-state index is 0.0869. The average molecular weight is 269 g/mol. The number of hydrogen-bond acceptors (Lipinski definition) is 3. The lowest BCUT2D eigenvalue weighted by molar-refractivity contribution is 0.0375. The minimum Gasteiger partial charge on any atom is -0.379 e. The largest absolute Gasteiger partial charge is 0.379 e. The lowest BCUT2D eigenvalue weighted by Crippen LogP contribution is -2.39. The molecule has 1 rings (SSSR count). The molecule has 0 unspecified atom stereocenters. The Bertz CT molecular complexity index is 292. The van der Waals surface area contributed by atoms with Crippen molar-refractivity contribution in [2.75, 3.05) is 39.4 Å². The van der Waals surface area contributed by atoms with Gasteiger partial charge in [-0.1, -0.05) is 26.8 Å². The van der Waals surface area contributed by atoms with Gasteiger partial charge in [0.25, 0.3) is 0 Å². The zero-order valence-corrected chi connectivity index (χ0v) is 12.4. The zero-order valence-electron chi connectivity index (χ0n) is 12.4. The smallest absolute Gasteiger partial charge is 0.318 e. The number of hydrogen-bond donors (Lipinski definition) is 2. The zero-order chi connectivity index (χ0) is 14.1. The van der Waals surface area contributed by atoms with Crippen LogP contribution in [0.15, 0.2) is 12.3 Å². The molecule has 1 aliphatic rings. The summed E-state index contributed by atoms with van der Waals surface area (Å²) in [6.07, 6.45) is 4.65. The Balaban J connectivity index is 2.02. The fraction of sp³-hybridized carbons (Fsp3) is 0.786. The summed E-state index contributed by atoms with van der Waals surface area (Å²) in [7, 11) is 0. The van der Waals surface area contributed by atoms with Crippen molar-refractivity contribution in [2.45, 2.75) is 27.2 Å². The fourth-order valence-corrected chi connectivity index (χ4v) is 1.75. The number of carbonyl (C=O) groups is 1. The highest BCUT2D eigenvalue weighted by Crippen LogP contribution is 2.13. The Labute approximate surface area is 116 Å². The highest BCUT2D eigenvalue weighted by atomic mass is 16.5. The molecular formula is C14H27N3O2. The molecule has 0 bridgehead atoms. The molecule has 0 atom stereocenters. The maximum atomic E-state index is 11.5. The molecule has 19 heavy (non-hydrogen) atoms. The van der Waals surface area contributed by atoms with Crippen molar-refractivity contribution in [1.29, 1.82) is 0 Å². The summed E-state index contributed by atoms with van der Waals surface area (Å²) in [5.41, 5.74) is 0.0869. The number of allylic oxidation sites excluding steroid dienone is 1. The Morgan fingerprint density at radius 2 is 2.00 bits per heavy atom. The molecule has 0 aromatic rings. The molecule has 2 amide bonds. The number of urea groups is 1. The first kappa shape index (κ1) is 16.0. The third-order valence-electron chi connectivity index (χ3n) is 2.84. The van der Waals surface area contributed by atoms with Crippen molar-refractivity contribution >= 4 is 6.03 Å². The van der Waals surface area contributed by atoms with Crippen molar-refractivity contribution in [2.24, 2.45) is 5.41 Å². The molecule has 0 aliphatic carbocycles. The summed E-state index contributed by atoms with van der Waals surface area (Å²) in [5.74, 6) is 0. The highest BCUT2D eigenvalue weighted by molar-refractivity contribution is 5.74. The summed E-state index contributed by atoms with van der Waals surface area (Å²) in [4.78, 5) is 13.8.